The highest BCUT2D eigenvalue weighted by molar-refractivity contribution is 7.09. The van der Waals surface area contributed by atoms with Gasteiger partial charge in [0, 0.05) is 17.5 Å². The summed E-state index contributed by atoms with van der Waals surface area (Å²) in [5.74, 6) is 0.0907. The van der Waals surface area contributed by atoms with Gasteiger partial charge in [-0.2, -0.15) is 0 Å². The first kappa shape index (κ1) is 15.1. The van der Waals surface area contributed by atoms with Gasteiger partial charge < -0.3 is 11.1 Å². The van der Waals surface area contributed by atoms with Crippen molar-refractivity contribution in [2.75, 3.05) is 6.54 Å². The van der Waals surface area contributed by atoms with Crippen molar-refractivity contribution in [2.24, 2.45) is 11.1 Å². The molecule has 18 heavy (non-hydrogen) atoms. The van der Waals surface area contributed by atoms with Crippen LogP contribution in [0.5, 0.6) is 0 Å². The third-order valence-corrected chi connectivity index (χ3v) is 3.92. The first-order valence-electron chi connectivity index (χ1n) is 6.31. The van der Waals surface area contributed by atoms with Crippen molar-refractivity contribution in [2.45, 2.75) is 46.6 Å². The molecule has 102 valence electrons. The molecular formula is C13H23N3OS. The van der Waals surface area contributed by atoms with E-state index in [2.05, 4.69) is 24.1 Å². The smallest absolute Gasteiger partial charge is 0.220 e. The van der Waals surface area contributed by atoms with E-state index < -0.39 is 0 Å². The third kappa shape index (κ3) is 5.60. The molecule has 0 spiro atoms. The molecular weight excluding hydrogens is 246 g/mol. The van der Waals surface area contributed by atoms with Crippen LogP contribution in [0.4, 0.5) is 0 Å². The molecule has 0 unspecified atom stereocenters. The molecule has 1 heterocycles. The zero-order chi connectivity index (χ0) is 13.6. The Bertz CT molecular complexity index is 387. The molecule has 0 aliphatic heterocycles. The van der Waals surface area contributed by atoms with Gasteiger partial charge in [-0.25, -0.2) is 4.98 Å². The van der Waals surface area contributed by atoms with E-state index in [1.807, 2.05) is 12.3 Å². The lowest BCUT2D eigenvalue weighted by Crippen LogP contribution is -2.25. The minimum atomic E-state index is 0.0907. The fourth-order valence-electron chi connectivity index (χ4n) is 1.71. The molecule has 1 rings (SSSR count). The molecule has 0 radical (unpaired) electrons. The minimum absolute atomic E-state index is 0.0907. The predicted octanol–water partition coefficient (Wildman–Crippen LogP) is 2.22. The van der Waals surface area contributed by atoms with Gasteiger partial charge >= 0.3 is 0 Å². The van der Waals surface area contributed by atoms with E-state index in [-0.39, 0.29) is 11.3 Å². The lowest BCUT2D eigenvalue weighted by molar-refractivity contribution is -0.121. The van der Waals surface area contributed by atoms with Gasteiger partial charge in [-0.05, 0) is 31.7 Å². The number of aromatic nitrogens is 1. The number of carbonyl (C=O) groups excluding carboxylic acids is 1. The molecule has 0 aromatic carbocycles. The first-order valence-corrected chi connectivity index (χ1v) is 7.19. The Kier molecular flexibility index (Phi) is 5.75. The van der Waals surface area contributed by atoms with Crippen LogP contribution in [-0.2, 0) is 11.3 Å². The van der Waals surface area contributed by atoms with Crippen molar-refractivity contribution in [1.29, 1.82) is 0 Å². The average molecular weight is 269 g/mol. The van der Waals surface area contributed by atoms with E-state index in [9.17, 15) is 4.79 Å². The third-order valence-electron chi connectivity index (χ3n) is 2.95. The largest absolute Gasteiger partial charge is 0.350 e. The molecule has 3 N–H and O–H groups in total. The summed E-state index contributed by atoms with van der Waals surface area (Å²) < 4.78 is 0. The number of hydrogen-bond donors (Lipinski definition) is 2. The van der Waals surface area contributed by atoms with Crippen LogP contribution in [-0.4, -0.2) is 17.4 Å². The summed E-state index contributed by atoms with van der Waals surface area (Å²) in [6.45, 7) is 7.47. The van der Waals surface area contributed by atoms with Crippen LogP contribution in [0.1, 0.15) is 43.8 Å². The normalized spacial score (nSPS) is 11.6. The molecule has 0 atom stereocenters. The molecule has 0 saturated heterocycles. The van der Waals surface area contributed by atoms with Gasteiger partial charge in [0.2, 0.25) is 5.91 Å². The molecule has 4 nitrogen and oxygen atoms in total. The topological polar surface area (TPSA) is 68.0 Å². The Morgan fingerprint density at radius 1 is 1.50 bits per heavy atom. The summed E-state index contributed by atoms with van der Waals surface area (Å²) in [6, 6.07) is 0. The quantitative estimate of drug-likeness (QED) is 0.797. The number of thiazole rings is 1. The van der Waals surface area contributed by atoms with Crippen molar-refractivity contribution < 1.29 is 4.79 Å². The highest BCUT2D eigenvalue weighted by Crippen LogP contribution is 2.25. The number of hydrogen-bond acceptors (Lipinski definition) is 4. The van der Waals surface area contributed by atoms with Crippen LogP contribution in [0.3, 0.4) is 0 Å². The van der Waals surface area contributed by atoms with E-state index in [4.69, 9.17) is 5.73 Å². The number of amides is 1. The summed E-state index contributed by atoms with van der Waals surface area (Å²) >= 11 is 1.58. The van der Waals surface area contributed by atoms with Gasteiger partial charge in [-0.3, -0.25) is 4.79 Å². The lowest BCUT2D eigenvalue weighted by Gasteiger charge is -2.23. The highest BCUT2D eigenvalue weighted by Gasteiger charge is 2.18. The molecule has 1 aromatic rings. The number of nitrogens with two attached hydrogens (primary N) is 1. The monoisotopic (exact) mass is 269 g/mol. The Labute approximate surface area is 113 Å². The van der Waals surface area contributed by atoms with Crippen LogP contribution in [0.15, 0.2) is 5.38 Å². The van der Waals surface area contributed by atoms with Crippen LogP contribution in [0.25, 0.3) is 0 Å². The van der Waals surface area contributed by atoms with Gasteiger partial charge in [-0.1, -0.05) is 13.8 Å². The molecule has 1 aromatic heterocycles. The van der Waals surface area contributed by atoms with E-state index in [0.717, 1.165) is 23.5 Å². The fraction of sp³-hybridized carbons (Fsp3) is 0.692. The number of rotatable bonds is 7. The van der Waals surface area contributed by atoms with Gasteiger partial charge in [-0.15, -0.1) is 11.3 Å². The van der Waals surface area contributed by atoms with Gasteiger partial charge in [0.25, 0.3) is 0 Å². The zero-order valence-electron chi connectivity index (χ0n) is 11.5. The maximum Gasteiger partial charge on any atom is 0.220 e. The van der Waals surface area contributed by atoms with Gasteiger partial charge in [0.15, 0.2) is 0 Å². The molecule has 0 bridgehead atoms. The maximum atomic E-state index is 11.7. The van der Waals surface area contributed by atoms with Crippen molar-refractivity contribution in [3.05, 3.63) is 16.1 Å². The second kappa shape index (κ2) is 6.85. The molecule has 0 aliphatic carbocycles. The van der Waals surface area contributed by atoms with Crippen molar-refractivity contribution >= 4 is 17.2 Å². The Morgan fingerprint density at radius 2 is 2.22 bits per heavy atom. The van der Waals surface area contributed by atoms with E-state index in [1.165, 1.54) is 0 Å². The number of nitrogens with zero attached hydrogens (tertiary/aromatic N) is 1. The van der Waals surface area contributed by atoms with Crippen LogP contribution < -0.4 is 11.1 Å². The zero-order valence-corrected chi connectivity index (χ0v) is 12.3. The Balaban J connectivity index is 2.26. The second-order valence-electron chi connectivity index (χ2n) is 5.36. The number of carbonyl (C=O) groups is 1. The maximum absolute atomic E-state index is 11.7. The Morgan fingerprint density at radius 3 is 2.78 bits per heavy atom. The predicted molar refractivity (Wildman–Crippen MR) is 75.4 cm³/mol. The summed E-state index contributed by atoms with van der Waals surface area (Å²) in [7, 11) is 0. The second-order valence-corrected chi connectivity index (χ2v) is 6.30. The molecule has 0 aliphatic rings. The standard InChI is InChI=1S/C13H23N3OS/c1-10-9-18-12(16-10)8-15-11(17)4-5-13(2,3)6-7-14/h9H,4-8,14H2,1-3H3,(H,15,17). The summed E-state index contributed by atoms with van der Waals surface area (Å²) in [5, 5.41) is 5.86. The average Bonchev–Trinajstić information content (AvgIpc) is 2.70. The van der Waals surface area contributed by atoms with Crippen molar-refractivity contribution in [3.63, 3.8) is 0 Å². The van der Waals surface area contributed by atoms with Crippen LogP contribution >= 0.6 is 11.3 Å². The summed E-state index contributed by atoms with van der Waals surface area (Å²) in [5.41, 5.74) is 6.70. The minimum Gasteiger partial charge on any atom is -0.350 e. The fourth-order valence-corrected chi connectivity index (χ4v) is 2.43. The number of nitrogens with one attached hydrogen (secondary N) is 1. The van der Waals surface area contributed by atoms with Gasteiger partial charge in [0.05, 0.1) is 6.54 Å². The van der Waals surface area contributed by atoms with Crippen LogP contribution in [0, 0.1) is 12.3 Å². The SMILES string of the molecule is Cc1csc(CNC(=O)CCC(C)(C)CCN)n1. The molecule has 5 heteroatoms. The van der Waals surface area contributed by atoms with Gasteiger partial charge in [0.1, 0.15) is 5.01 Å². The Hall–Kier alpha value is -0.940. The summed E-state index contributed by atoms with van der Waals surface area (Å²) in [6.07, 6.45) is 2.37. The molecule has 1 amide bonds. The molecule has 0 saturated carbocycles. The van der Waals surface area contributed by atoms with E-state index >= 15 is 0 Å². The van der Waals surface area contributed by atoms with E-state index in [0.29, 0.717) is 19.5 Å². The van der Waals surface area contributed by atoms with Crippen LogP contribution in [0.2, 0.25) is 0 Å². The summed E-state index contributed by atoms with van der Waals surface area (Å²) in [4.78, 5) is 16.0. The van der Waals surface area contributed by atoms with Crippen molar-refractivity contribution in [3.8, 4) is 0 Å². The number of aryl methyl sites for hydroxylation is 1. The first-order chi connectivity index (χ1) is 8.43. The molecule has 0 fully saturated rings. The highest BCUT2D eigenvalue weighted by atomic mass is 32.1. The van der Waals surface area contributed by atoms with E-state index in [1.54, 1.807) is 11.3 Å². The lowest BCUT2D eigenvalue weighted by atomic mass is 9.84. The van der Waals surface area contributed by atoms with Crippen molar-refractivity contribution in [1.82, 2.24) is 10.3 Å².